The fourth-order valence-corrected chi connectivity index (χ4v) is 5.39. The molecule has 3 fully saturated rings. The maximum absolute atomic E-state index is 12.5. The molecular formula is C18H27NOS. The lowest BCUT2D eigenvalue weighted by atomic mass is 9.51. The highest BCUT2D eigenvalue weighted by molar-refractivity contribution is 8.01. The van der Waals surface area contributed by atoms with Crippen molar-refractivity contribution in [2.24, 2.45) is 23.2 Å². The second-order valence-electron chi connectivity index (χ2n) is 7.41. The number of likely N-dealkylation sites (N-methyl/N-ethyl adjacent to an activating group) is 1. The zero-order chi connectivity index (χ0) is 15.0. The number of fused-ring (bicyclic) bond motifs is 1. The molecule has 1 amide bonds. The number of carbonyl (C=O) groups excluding carboxylic acids is 1. The monoisotopic (exact) mass is 305 g/mol. The minimum Gasteiger partial charge on any atom is -0.342 e. The highest BCUT2D eigenvalue weighted by Gasteiger charge is 2.64. The van der Waals surface area contributed by atoms with Gasteiger partial charge in [-0.2, -0.15) is 0 Å². The number of hydrogen-bond acceptors (Lipinski definition) is 2. The molecule has 0 heterocycles. The van der Waals surface area contributed by atoms with Crippen LogP contribution >= 0.6 is 11.8 Å². The topological polar surface area (TPSA) is 20.3 Å². The summed E-state index contributed by atoms with van der Waals surface area (Å²) in [6, 6.07) is 0. The van der Waals surface area contributed by atoms with Crippen molar-refractivity contribution in [1.82, 2.24) is 4.90 Å². The summed E-state index contributed by atoms with van der Waals surface area (Å²) < 4.78 is 0. The first kappa shape index (κ1) is 15.2. The van der Waals surface area contributed by atoms with Gasteiger partial charge in [0.05, 0.1) is 0 Å². The number of rotatable bonds is 6. The van der Waals surface area contributed by atoms with Crippen LogP contribution in [0.5, 0.6) is 0 Å². The first-order valence-corrected chi connectivity index (χ1v) is 9.43. The van der Waals surface area contributed by atoms with Crippen molar-refractivity contribution in [2.75, 3.05) is 19.8 Å². The predicted octanol–water partition coefficient (Wildman–Crippen LogP) is 4.09. The van der Waals surface area contributed by atoms with Gasteiger partial charge in [-0.05, 0) is 67.4 Å². The van der Waals surface area contributed by atoms with E-state index in [1.807, 2.05) is 11.9 Å². The molecular weight excluding hydrogens is 278 g/mol. The molecule has 3 saturated carbocycles. The van der Waals surface area contributed by atoms with Crippen LogP contribution < -0.4 is 0 Å². The number of nitrogens with zero attached hydrogens (tertiary/aromatic N) is 1. The average molecular weight is 305 g/mol. The van der Waals surface area contributed by atoms with E-state index in [0.717, 1.165) is 30.7 Å². The zero-order valence-corrected chi connectivity index (χ0v) is 14.3. The molecule has 21 heavy (non-hydrogen) atoms. The van der Waals surface area contributed by atoms with E-state index < -0.39 is 0 Å². The lowest BCUT2D eigenvalue weighted by molar-refractivity contribution is -0.138. The Balaban J connectivity index is 1.51. The molecule has 0 spiro atoms. The summed E-state index contributed by atoms with van der Waals surface area (Å²) in [5.74, 6) is 3.16. The Hall–Kier alpha value is -0.700. The minimum absolute atomic E-state index is 0.346. The van der Waals surface area contributed by atoms with Crippen LogP contribution in [0.2, 0.25) is 0 Å². The lowest BCUT2D eigenvalue weighted by Gasteiger charge is -2.53. The van der Waals surface area contributed by atoms with E-state index in [4.69, 9.17) is 0 Å². The van der Waals surface area contributed by atoms with Gasteiger partial charge in [-0.3, -0.25) is 4.79 Å². The van der Waals surface area contributed by atoms with Gasteiger partial charge in [0.25, 0.3) is 0 Å². The molecule has 3 aliphatic carbocycles. The molecule has 4 atom stereocenters. The first-order chi connectivity index (χ1) is 10.0. The zero-order valence-electron chi connectivity index (χ0n) is 13.5. The van der Waals surface area contributed by atoms with Crippen LogP contribution in [0.15, 0.2) is 23.1 Å². The molecule has 0 radical (unpaired) electrons. The largest absolute Gasteiger partial charge is 0.342 e. The van der Waals surface area contributed by atoms with Crippen LogP contribution in [0, 0.1) is 23.2 Å². The second-order valence-corrected chi connectivity index (χ2v) is 8.16. The van der Waals surface area contributed by atoms with Crippen molar-refractivity contribution >= 4 is 17.7 Å². The molecule has 0 aromatic carbocycles. The second kappa shape index (κ2) is 5.83. The van der Waals surface area contributed by atoms with Crippen molar-refractivity contribution < 1.29 is 4.79 Å². The van der Waals surface area contributed by atoms with Crippen LogP contribution in [-0.4, -0.2) is 30.7 Å². The Morgan fingerprint density at radius 1 is 1.38 bits per heavy atom. The molecule has 3 heteroatoms. The summed E-state index contributed by atoms with van der Waals surface area (Å²) in [4.78, 5) is 14.4. The van der Waals surface area contributed by atoms with Crippen molar-refractivity contribution in [3.63, 3.8) is 0 Å². The Kier molecular flexibility index (Phi) is 4.22. The molecule has 4 unspecified atom stereocenters. The summed E-state index contributed by atoms with van der Waals surface area (Å²) in [5.41, 5.74) is 1.64. The van der Waals surface area contributed by atoms with Gasteiger partial charge in [0.2, 0.25) is 5.91 Å². The Bertz CT molecular complexity index is 484. The summed E-state index contributed by atoms with van der Waals surface area (Å²) in [5, 5.41) is 2.08. The highest BCUT2D eigenvalue weighted by Crippen LogP contribution is 2.72. The molecule has 0 aromatic rings. The summed E-state index contributed by atoms with van der Waals surface area (Å²) in [7, 11) is 1.95. The maximum atomic E-state index is 12.5. The number of hydrogen-bond donors (Lipinski definition) is 0. The van der Waals surface area contributed by atoms with E-state index in [0.29, 0.717) is 11.3 Å². The Morgan fingerprint density at radius 2 is 2.19 bits per heavy atom. The minimum atomic E-state index is 0.346. The van der Waals surface area contributed by atoms with E-state index in [1.165, 1.54) is 31.3 Å². The average Bonchev–Trinajstić information content (AvgIpc) is 2.93. The molecule has 116 valence electrons. The van der Waals surface area contributed by atoms with E-state index >= 15 is 0 Å². The summed E-state index contributed by atoms with van der Waals surface area (Å²) >= 11 is 1.70. The van der Waals surface area contributed by atoms with Gasteiger partial charge in [-0.25, -0.2) is 0 Å². The van der Waals surface area contributed by atoms with Crippen molar-refractivity contribution in [3.8, 4) is 0 Å². The summed E-state index contributed by atoms with van der Waals surface area (Å²) in [6.45, 7) is 2.83. The molecule has 0 N–H and O–H groups in total. The molecule has 0 aliphatic heterocycles. The fraction of sp³-hybridized carbons (Fsp3) is 0.722. The van der Waals surface area contributed by atoms with Gasteiger partial charge in [-0.15, -0.1) is 11.8 Å². The van der Waals surface area contributed by atoms with Crippen molar-refractivity contribution in [2.45, 2.75) is 39.0 Å². The third kappa shape index (κ3) is 2.81. The molecule has 0 saturated heterocycles. The predicted molar refractivity (Wildman–Crippen MR) is 90.0 cm³/mol. The Labute approximate surface area is 133 Å². The Morgan fingerprint density at radius 3 is 2.81 bits per heavy atom. The van der Waals surface area contributed by atoms with Crippen LogP contribution in [0.1, 0.15) is 39.0 Å². The SMILES string of the molecule is CS/C=C\C(C)=C\CN(C)C(=O)CC12CC3CC(C1)C2C3. The van der Waals surface area contributed by atoms with Crippen molar-refractivity contribution in [3.05, 3.63) is 23.1 Å². The fourth-order valence-electron chi connectivity index (χ4n) is 5.04. The van der Waals surface area contributed by atoms with Gasteiger partial charge in [0.15, 0.2) is 0 Å². The molecule has 3 rings (SSSR count). The van der Waals surface area contributed by atoms with Crippen LogP contribution in [0.4, 0.5) is 0 Å². The van der Waals surface area contributed by atoms with E-state index in [2.05, 4.69) is 30.7 Å². The first-order valence-electron chi connectivity index (χ1n) is 8.14. The number of allylic oxidation sites excluding steroid dienone is 2. The lowest BCUT2D eigenvalue weighted by Crippen LogP contribution is -2.48. The quantitative estimate of drug-likeness (QED) is 0.689. The normalized spacial score (nSPS) is 37.1. The molecule has 2 nitrogen and oxygen atoms in total. The summed E-state index contributed by atoms with van der Waals surface area (Å²) in [6.07, 6.45) is 12.6. The molecule has 3 aliphatic rings. The van der Waals surface area contributed by atoms with Crippen LogP contribution in [-0.2, 0) is 4.79 Å². The van der Waals surface area contributed by atoms with E-state index in [-0.39, 0.29) is 0 Å². The van der Waals surface area contributed by atoms with Crippen LogP contribution in [0.25, 0.3) is 0 Å². The van der Waals surface area contributed by atoms with Crippen LogP contribution in [0.3, 0.4) is 0 Å². The number of amides is 1. The highest BCUT2D eigenvalue weighted by atomic mass is 32.2. The maximum Gasteiger partial charge on any atom is 0.223 e. The van der Waals surface area contributed by atoms with Gasteiger partial charge in [-0.1, -0.05) is 17.7 Å². The number of carbonyl (C=O) groups is 1. The van der Waals surface area contributed by atoms with E-state index in [9.17, 15) is 4.79 Å². The van der Waals surface area contributed by atoms with Gasteiger partial charge in [0.1, 0.15) is 0 Å². The third-order valence-electron chi connectivity index (χ3n) is 6.03. The molecule has 0 aromatic heterocycles. The molecule has 2 bridgehead atoms. The van der Waals surface area contributed by atoms with E-state index in [1.54, 1.807) is 11.8 Å². The standard InChI is InChI=1S/C18H27NOS/c1-13(5-7-21-3)4-6-19(2)17(20)12-18-10-14-8-15(11-18)16(18)9-14/h4-5,7,14-16H,6,8-12H2,1-3H3/b7-5-,13-4+. The third-order valence-corrected chi connectivity index (χ3v) is 6.43. The van der Waals surface area contributed by atoms with Gasteiger partial charge >= 0.3 is 0 Å². The smallest absolute Gasteiger partial charge is 0.223 e. The van der Waals surface area contributed by atoms with Crippen molar-refractivity contribution in [1.29, 1.82) is 0 Å². The van der Waals surface area contributed by atoms with Gasteiger partial charge < -0.3 is 4.90 Å². The number of thioether (sulfide) groups is 1. The van der Waals surface area contributed by atoms with Gasteiger partial charge in [0, 0.05) is 20.0 Å².